The van der Waals surface area contributed by atoms with Crippen molar-refractivity contribution in [2.24, 2.45) is 5.73 Å². The number of unbranched alkanes of at least 4 members (excludes halogenated alkanes) is 1. The van der Waals surface area contributed by atoms with Gasteiger partial charge in [0, 0.05) is 22.7 Å². The molecule has 0 saturated heterocycles. The predicted octanol–water partition coefficient (Wildman–Crippen LogP) is 3.30. The van der Waals surface area contributed by atoms with E-state index in [2.05, 4.69) is 20.8 Å². The maximum Gasteiger partial charge on any atom is 0.185 e. The Morgan fingerprint density at radius 2 is 1.94 bits per heavy atom. The second-order valence-corrected chi connectivity index (χ2v) is 8.26. The lowest BCUT2D eigenvalue weighted by Crippen LogP contribution is -2.18. The van der Waals surface area contributed by atoms with Gasteiger partial charge in [-0.25, -0.2) is 0 Å². The van der Waals surface area contributed by atoms with Crippen LogP contribution in [-0.4, -0.2) is 27.4 Å². The first-order valence-corrected chi connectivity index (χ1v) is 7.73. The number of carbonyl (C=O) groups is 1. The highest BCUT2D eigenvalue weighted by Gasteiger charge is 2.19. The Balaban J connectivity index is 4.00. The van der Waals surface area contributed by atoms with E-state index in [0.29, 0.717) is 5.25 Å². The fourth-order valence-electron chi connectivity index (χ4n) is 1.40. The molecule has 0 aliphatic rings. The molecule has 1 atom stereocenters. The van der Waals surface area contributed by atoms with Gasteiger partial charge < -0.3 is 5.73 Å². The monoisotopic (exact) mass is 263 g/mol. The van der Waals surface area contributed by atoms with Crippen LogP contribution in [-0.2, 0) is 4.79 Å². The van der Waals surface area contributed by atoms with Gasteiger partial charge in [-0.2, -0.15) is 11.8 Å². The molecule has 96 valence electrons. The first-order chi connectivity index (χ1) is 7.35. The van der Waals surface area contributed by atoms with Crippen molar-refractivity contribution in [1.29, 1.82) is 0 Å². The first-order valence-electron chi connectivity index (χ1n) is 5.86. The zero-order valence-electron chi connectivity index (χ0n) is 10.9. The Labute approximate surface area is 109 Å². The van der Waals surface area contributed by atoms with Crippen molar-refractivity contribution in [1.82, 2.24) is 0 Å². The molecule has 0 aliphatic carbocycles. The lowest BCUT2D eigenvalue weighted by atomic mass is 10.2. The van der Waals surface area contributed by atoms with E-state index in [1.807, 2.05) is 11.8 Å². The van der Waals surface area contributed by atoms with Gasteiger partial charge in [0.15, 0.2) is 5.12 Å². The minimum absolute atomic E-state index is 0.221. The van der Waals surface area contributed by atoms with Crippen molar-refractivity contribution in [3.05, 3.63) is 0 Å². The average molecular weight is 263 g/mol. The third kappa shape index (κ3) is 10.8. The van der Waals surface area contributed by atoms with E-state index in [0.717, 1.165) is 18.7 Å². The molecule has 16 heavy (non-hydrogen) atoms. The molecule has 2 nitrogen and oxygen atoms in total. The molecule has 0 amide bonds. The summed E-state index contributed by atoms with van der Waals surface area (Å²) >= 11 is 3.43. The summed E-state index contributed by atoms with van der Waals surface area (Å²) in [6.07, 6.45) is 3.42. The molecule has 0 heterocycles. The molecule has 0 radical (unpaired) electrons. The van der Waals surface area contributed by atoms with Gasteiger partial charge in [0.1, 0.15) is 0 Å². The molecular formula is C12H25NOS2. The summed E-state index contributed by atoms with van der Waals surface area (Å²) in [6.45, 7) is 9.10. The van der Waals surface area contributed by atoms with E-state index in [9.17, 15) is 4.79 Å². The second kappa shape index (κ2) is 8.43. The van der Waals surface area contributed by atoms with Crippen molar-refractivity contribution in [2.75, 3.05) is 12.3 Å². The van der Waals surface area contributed by atoms with Crippen LogP contribution < -0.4 is 5.73 Å². The Hall–Kier alpha value is 0.330. The van der Waals surface area contributed by atoms with Crippen molar-refractivity contribution in [2.45, 2.75) is 57.0 Å². The van der Waals surface area contributed by atoms with Gasteiger partial charge in [0.25, 0.3) is 0 Å². The number of thioether (sulfide) groups is 2. The molecule has 0 aromatic carbocycles. The zero-order valence-corrected chi connectivity index (χ0v) is 12.5. The summed E-state index contributed by atoms with van der Waals surface area (Å²) in [5.74, 6) is 0.932. The van der Waals surface area contributed by atoms with Gasteiger partial charge in [-0.15, -0.1) is 0 Å². The molecule has 0 bridgehead atoms. The molecule has 2 N–H and O–H groups in total. The van der Waals surface area contributed by atoms with Gasteiger partial charge in [0.2, 0.25) is 0 Å². The van der Waals surface area contributed by atoms with E-state index in [4.69, 9.17) is 5.73 Å². The standard InChI is InChI=1S/C12H25NOS2/c1-10(14)15-9-11(7-5-6-8-13)16-12(2,3)4/h11H,5-9,13H2,1-4H3/t11-/m0/s1. The molecule has 4 heteroatoms. The Kier molecular flexibility index (Phi) is 8.60. The van der Waals surface area contributed by atoms with E-state index in [-0.39, 0.29) is 9.86 Å². The van der Waals surface area contributed by atoms with Gasteiger partial charge >= 0.3 is 0 Å². The van der Waals surface area contributed by atoms with Crippen molar-refractivity contribution in [3.8, 4) is 0 Å². The number of hydrogen-bond donors (Lipinski definition) is 1. The van der Waals surface area contributed by atoms with Crippen LogP contribution in [0.5, 0.6) is 0 Å². The summed E-state index contributed by atoms with van der Waals surface area (Å²) in [4.78, 5) is 11.0. The molecule has 0 unspecified atom stereocenters. The number of carbonyl (C=O) groups excluding carboxylic acids is 1. The zero-order chi connectivity index (χ0) is 12.6. The normalized spacial score (nSPS) is 13.8. The van der Waals surface area contributed by atoms with E-state index in [1.54, 1.807) is 6.92 Å². The van der Waals surface area contributed by atoms with E-state index in [1.165, 1.54) is 24.6 Å². The molecule has 0 rings (SSSR count). The van der Waals surface area contributed by atoms with Gasteiger partial charge in [-0.3, -0.25) is 4.79 Å². The summed E-state index contributed by atoms with van der Waals surface area (Å²) < 4.78 is 0.269. The maximum atomic E-state index is 11.0. The fourth-order valence-corrected chi connectivity index (χ4v) is 3.75. The number of hydrogen-bond acceptors (Lipinski definition) is 4. The average Bonchev–Trinajstić information content (AvgIpc) is 2.12. The summed E-state index contributed by atoms with van der Waals surface area (Å²) in [5.41, 5.74) is 5.50. The van der Waals surface area contributed by atoms with E-state index >= 15 is 0 Å². The van der Waals surface area contributed by atoms with Crippen LogP contribution in [0.25, 0.3) is 0 Å². The highest BCUT2D eigenvalue weighted by Crippen LogP contribution is 2.32. The van der Waals surface area contributed by atoms with Crippen molar-refractivity contribution < 1.29 is 4.79 Å². The molecule has 0 spiro atoms. The minimum atomic E-state index is 0.221. The van der Waals surface area contributed by atoms with Gasteiger partial charge in [-0.1, -0.05) is 39.0 Å². The highest BCUT2D eigenvalue weighted by molar-refractivity contribution is 8.14. The predicted molar refractivity (Wildman–Crippen MR) is 77.2 cm³/mol. The molecule has 0 fully saturated rings. The number of rotatable bonds is 7. The van der Waals surface area contributed by atoms with E-state index < -0.39 is 0 Å². The Bertz CT molecular complexity index is 202. The third-order valence-electron chi connectivity index (χ3n) is 1.97. The van der Waals surface area contributed by atoms with Crippen LogP contribution in [0.2, 0.25) is 0 Å². The van der Waals surface area contributed by atoms with Crippen LogP contribution in [0.3, 0.4) is 0 Å². The lowest BCUT2D eigenvalue weighted by Gasteiger charge is -2.25. The molecule has 0 aromatic heterocycles. The summed E-state index contributed by atoms with van der Waals surface area (Å²) in [5, 5.41) is 0.791. The van der Waals surface area contributed by atoms with Crippen molar-refractivity contribution in [3.63, 3.8) is 0 Å². The Morgan fingerprint density at radius 3 is 2.38 bits per heavy atom. The van der Waals surface area contributed by atoms with Crippen LogP contribution in [0.15, 0.2) is 0 Å². The van der Waals surface area contributed by atoms with Crippen LogP contribution in [0, 0.1) is 0 Å². The number of nitrogens with two attached hydrogens (primary N) is 1. The largest absolute Gasteiger partial charge is 0.330 e. The molecule has 0 aliphatic heterocycles. The van der Waals surface area contributed by atoms with Crippen LogP contribution in [0.4, 0.5) is 0 Å². The second-order valence-electron chi connectivity index (χ2n) is 4.94. The maximum absolute atomic E-state index is 11.0. The van der Waals surface area contributed by atoms with Crippen molar-refractivity contribution >= 4 is 28.6 Å². The first kappa shape index (κ1) is 16.3. The lowest BCUT2D eigenvalue weighted by molar-refractivity contribution is -0.109. The summed E-state index contributed by atoms with van der Waals surface area (Å²) in [7, 11) is 0. The quantitative estimate of drug-likeness (QED) is 0.716. The molecule has 0 aromatic rings. The van der Waals surface area contributed by atoms with Crippen LogP contribution in [0.1, 0.15) is 47.0 Å². The van der Waals surface area contributed by atoms with Gasteiger partial charge in [-0.05, 0) is 19.4 Å². The highest BCUT2D eigenvalue weighted by atomic mass is 32.2. The minimum Gasteiger partial charge on any atom is -0.330 e. The SMILES string of the molecule is CC(=O)SC[C@H](CCCCN)SC(C)(C)C. The topological polar surface area (TPSA) is 43.1 Å². The smallest absolute Gasteiger partial charge is 0.185 e. The van der Waals surface area contributed by atoms with Gasteiger partial charge in [0.05, 0.1) is 0 Å². The van der Waals surface area contributed by atoms with Crippen LogP contribution >= 0.6 is 23.5 Å². The Morgan fingerprint density at radius 1 is 1.31 bits per heavy atom. The molecule has 0 saturated carbocycles. The fraction of sp³-hybridized carbons (Fsp3) is 0.917. The summed E-state index contributed by atoms with van der Waals surface area (Å²) in [6, 6.07) is 0. The third-order valence-corrected chi connectivity index (χ3v) is 4.60. The molecular weight excluding hydrogens is 238 g/mol.